The second kappa shape index (κ2) is 5.27. The smallest absolute Gasteiger partial charge is 0.329 e. The van der Waals surface area contributed by atoms with E-state index in [0.29, 0.717) is 18.8 Å². The van der Waals surface area contributed by atoms with Crippen molar-refractivity contribution < 1.29 is 14.7 Å². The standard InChI is InChI=1S/C16H26N2O3/c1-11-2-4-16(5-3-11,14(20)21)18-13(19)12-10-15(12)6-8-17-9-7-15/h11-12,17H,2-10H2,1H3,(H,18,19)(H,20,21). The van der Waals surface area contributed by atoms with Gasteiger partial charge in [0.05, 0.1) is 0 Å². The first-order valence-corrected chi connectivity index (χ1v) is 8.24. The first-order valence-electron chi connectivity index (χ1n) is 8.24. The maximum Gasteiger partial charge on any atom is 0.329 e. The Hall–Kier alpha value is -1.10. The van der Waals surface area contributed by atoms with Gasteiger partial charge in [0.2, 0.25) is 5.91 Å². The summed E-state index contributed by atoms with van der Waals surface area (Å²) in [6.45, 7) is 4.11. The number of rotatable bonds is 3. The Labute approximate surface area is 125 Å². The van der Waals surface area contributed by atoms with Gasteiger partial charge in [0, 0.05) is 5.92 Å². The average Bonchev–Trinajstić information content (AvgIpc) is 3.16. The molecule has 1 amide bonds. The molecule has 2 aliphatic carbocycles. The molecule has 1 heterocycles. The van der Waals surface area contributed by atoms with Crippen LogP contribution in [-0.2, 0) is 9.59 Å². The Morgan fingerprint density at radius 1 is 1.14 bits per heavy atom. The zero-order valence-corrected chi connectivity index (χ0v) is 12.8. The van der Waals surface area contributed by atoms with Crippen LogP contribution < -0.4 is 10.6 Å². The highest BCUT2D eigenvalue weighted by Crippen LogP contribution is 2.58. The Balaban J connectivity index is 1.64. The van der Waals surface area contributed by atoms with Crippen LogP contribution in [0.1, 0.15) is 51.9 Å². The van der Waals surface area contributed by atoms with Crippen molar-refractivity contribution in [2.75, 3.05) is 13.1 Å². The maximum absolute atomic E-state index is 12.5. The van der Waals surface area contributed by atoms with Crippen LogP contribution in [0.15, 0.2) is 0 Å². The van der Waals surface area contributed by atoms with Gasteiger partial charge >= 0.3 is 5.97 Å². The van der Waals surface area contributed by atoms with Gasteiger partial charge in [-0.15, -0.1) is 0 Å². The molecule has 0 radical (unpaired) electrons. The third kappa shape index (κ3) is 2.68. The molecule has 3 N–H and O–H groups in total. The summed E-state index contributed by atoms with van der Waals surface area (Å²) in [5.41, 5.74) is -0.850. The molecule has 3 fully saturated rings. The van der Waals surface area contributed by atoms with Crippen molar-refractivity contribution >= 4 is 11.9 Å². The molecule has 3 rings (SSSR count). The first-order chi connectivity index (χ1) is 9.97. The van der Waals surface area contributed by atoms with Gasteiger partial charge in [0.25, 0.3) is 0 Å². The molecule has 1 saturated heterocycles. The highest BCUT2D eigenvalue weighted by atomic mass is 16.4. The van der Waals surface area contributed by atoms with Crippen molar-refractivity contribution in [3.05, 3.63) is 0 Å². The maximum atomic E-state index is 12.5. The van der Waals surface area contributed by atoms with Crippen molar-refractivity contribution in [3.8, 4) is 0 Å². The summed E-state index contributed by atoms with van der Waals surface area (Å²) in [5, 5.41) is 15.9. The van der Waals surface area contributed by atoms with Gasteiger partial charge in [-0.25, -0.2) is 4.79 Å². The third-order valence-electron chi connectivity index (χ3n) is 6.01. The number of carbonyl (C=O) groups is 2. The SMILES string of the molecule is CC1CCC(NC(=O)C2CC23CCNCC3)(C(=O)O)CC1. The molecule has 1 aliphatic heterocycles. The molecular weight excluding hydrogens is 268 g/mol. The molecule has 2 saturated carbocycles. The number of carboxylic acids is 1. The van der Waals surface area contributed by atoms with Crippen molar-refractivity contribution in [2.24, 2.45) is 17.3 Å². The molecule has 0 bridgehead atoms. The van der Waals surface area contributed by atoms with Crippen LogP contribution in [0, 0.1) is 17.3 Å². The second-order valence-corrected chi connectivity index (χ2v) is 7.43. The lowest BCUT2D eigenvalue weighted by atomic mass is 9.77. The fourth-order valence-electron chi connectivity index (χ4n) is 4.17. The van der Waals surface area contributed by atoms with Crippen LogP contribution in [0.25, 0.3) is 0 Å². The lowest BCUT2D eigenvalue weighted by Gasteiger charge is -2.36. The molecule has 1 unspecified atom stereocenters. The van der Waals surface area contributed by atoms with Crippen molar-refractivity contribution in [1.29, 1.82) is 0 Å². The summed E-state index contributed by atoms with van der Waals surface area (Å²) in [5.74, 6) is -0.280. The largest absolute Gasteiger partial charge is 0.480 e. The predicted octanol–water partition coefficient (Wildman–Crippen LogP) is 1.53. The monoisotopic (exact) mass is 294 g/mol. The Bertz CT molecular complexity index is 435. The molecule has 0 aromatic rings. The van der Waals surface area contributed by atoms with E-state index in [9.17, 15) is 14.7 Å². The van der Waals surface area contributed by atoms with E-state index in [-0.39, 0.29) is 17.2 Å². The number of amides is 1. The molecular formula is C16H26N2O3. The van der Waals surface area contributed by atoms with E-state index < -0.39 is 11.5 Å². The summed E-state index contributed by atoms with van der Waals surface area (Å²) in [7, 11) is 0. The van der Waals surface area contributed by atoms with Gasteiger partial charge in [0.15, 0.2) is 0 Å². The van der Waals surface area contributed by atoms with Crippen LogP contribution in [0.5, 0.6) is 0 Å². The molecule has 5 nitrogen and oxygen atoms in total. The van der Waals surface area contributed by atoms with Crippen LogP contribution >= 0.6 is 0 Å². The van der Waals surface area contributed by atoms with E-state index in [1.165, 1.54) is 0 Å². The molecule has 0 aromatic carbocycles. The van der Waals surface area contributed by atoms with Gasteiger partial charge in [-0.1, -0.05) is 6.92 Å². The molecule has 1 atom stereocenters. The topological polar surface area (TPSA) is 78.4 Å². The van der Waals surface area contributed by atoms with Crippen molar-refractivity contribution in [2.45, 2.75) is 57.4 Å². The summed E-state index contributed by atoms with van der Waals surface area (Å²) >= 11 is 0. The fraction of sp³-hybridized carbons (Fsp3) is 0.875. The van der Waals surface area contributed by atoms with Crippen molar-refractivity contribution in [1.82, 2.24) is 10.6 Å². The second-order valence-electron chi connectivity index (χ2n) is 7.43. The van der Waals surface area contributed by atoms with Gasteiger partial charge in [-0.2, -0.15) is 0 Å². The van der Waals surface area contributed by atoms with Gasteiger partial charge in [0.1, 0.15) is 5.54 Å². The lowest BCUT2D eigenvalue weighted by Crippen LogP contribution is -2.57. The number of hydrogen-bond donors (Lipinski definition) is 3. The zero-order valence-electron chi connectivity index (χ0n) is 12.8. The van der Waals surface area contributed by atoms with Crippen LogP contribution in [0.2, 0.25) is 0 Å². The Morgan fingerprint density at radius 2 is 1.76 bits per heavy atom. The third-order valence-corrected chi connectivity index (χ3v) is 6.01. The number of carbonyl (C=O) groups excluding carboxylic acids is 1. The molecule has 118 valence electrons. The van der Waals surface area contributed by atoms with Crippen LogP contribution in [0.4, 0.5) is 0 Å². The highest BCUT2D eigenvalue weighted by molar-refractivity contribution is 5.90. The van der Waals surface area contributed by atoms with E-state index in [1.807, 2.05) is 0 Å². The minimum Gasteiger partial charge on any atom is -0.480 e. The predicted molar refractivity (Wildman–Crippen MR) is 78.8 cm³/mol. The molecule has 21 heavy (non-hydrogen) atoms. The molecule has 0 aromatic heterocycles. The number of hydrogen-bond acceptors (Lipinski definition) is 3. The van der Waals surface area contributed by atoms with Crippen molar-refractivity contribution in [3.63, 3.8) is 0 Å². The summed E-state index contributed by atoms with van der Waals surface area (Å²) in [6.07, 6.45) is 5.92. The lowest BCUT2D eigenvalue weighted by molar-refractivity contribution is -0.150. The van der Waals surface area contributed by atoms with E-state index in [0.717, 1.165) is 45.2 Å². The van der Waals surface area contributed by atoms with Gasteiger partial charge in [-0.3, -0.25) is 4.79 Å². The number of aliphatic carboxylic acids is 1. The molecule has 5 heteroatoms. The van der Waals surface area contributed by atoms with E-state index >= 15 is 0 Å². The van der Waals surface area contributed by atoms with Gasteiger partial charge < -0.3 is 15.7 Å². The first kappa shape index (κ1) is 14.8. The Morgan fingerprint density at radius 3 is 2.33 bits per heavy atom. The van der Waals surface area contributed by atoms with Crippen LogP contribution in [-0.4, -0.2) is 35.6 Å². The molecule has 3 aliphatic rings. The highest BCUT2D eigenvalue weighted by Gasteiger charge is 2.59. The zero-order chi connectivity index (χ0) is 15.1. The fourth-order valence-corrected chi connectivity index (χ4v) is 4.17. The summed E-state index contributed by atoms with van der Waals surface area (Å²) in [4.78, 5) is 24.2. The van der Waals surface area contributed by atoms with E-state index in [1.54, 1.807) is 0 Å². The minimum atomic E-state index is -1.01. The minimum absolute atomic E-state index is 0.0196. The normalized spacial score (nSPS) is 38.0. The Kier molecular flexibility index (Phi) is 3.72. The van der Waals surface area contributed by atoms with Crippen LogP contribution in [0.3, 0.4) is 0 Å². The number of nitrogens with one attached hydrogen (secondary N) is 2. The van der Waals surface area contributed by atoms with Gasteiger partial charge in [-0.05, 0) is 69.4 Å². The van der Waals surface area contributed by atoms with E-state index in [2.05, 4.69) is 17.6 Å². The molecule has 1 spiro atoms. The quantitative estimate of drug-likeness (QED) is 0.737. The summed E-state index contributed by atoms with van der Waals surface area (Å²) < 4.78 is 0. The average molecular weight is 294 g/mol. The number of carboxylic acid groups (broad SMARTS) is 1. The summed E-state index contributed by atoms with van der Waals surface area (Å²) in [6, 6.07) is 0. The van der Waals surface area contributed by atoms with E-state index in [4.69, 9.17) is 0 Å². The number of piperidine rings is 1.